The Morgan fingerprint density at radius 3 is 1.47 bits per heavy atom. The first-order chi connectivity index (χ1) is 9.13. The lowest BCUT2D eigenvalue weighted by Gasteiger charge is -2.00. The first kappa shape index (κ1) is 13.4. The average molecular weight is 270 g/mol. The molecule has 0 saturated heterocycles. The second kappa shape index (κ2) is 5.75. The standard InChI is InChI=1S/C12H14O7/c1-3-7-9(18-11(13)16-7)5-15-6-10-8(4-2)17-12(14)19-10/h3-6H2,1-2H3. The minimum absolute atomic E-state index is 0.0625. The van der Waals surface area contributed by atoms with Gasteiger partial charge < -0.3 is 22.4 Å². The van der Waals surface area contributed by atoms with Gasteiger partial charge in [0.05, 0.1) is 0 Å². The minimum Gasteiger partial charge on any atom is -0.396 e. The molecule has 0 unspecified atom stereocenters. The molecule has 7 nitrogen and oxygen atoms in total. The summed E-state index contributed by atoms with van der Waals surface area (Å²) in [4.78, 5) is 21.9. The zero-order valence-corrected chi connectivity index (χ0v) is 10.7. The van der Waals surface area contributed by atoms with Gasteiger partial charge in [-0.1, -0.05) is 13.8 Å². The number of rotatable bonds is 6. The third-order valence-corrected chi connectivity index (χ3v) is 2.56. The molecule has 2 aromatic heterocycles. The van der Waals surface area contributed by atoms with Crippen molar-refractivity contribution >= 4 is 0 Å². The van der Waals surface area contributed by atoms with Crippen LogP contribution in [0.5, 0.6) is 0 Å². The summed E-state index contributed by atoms with van der Waals surface area (Å²) in [5, 5.41) is 0. The van der Waals surface area contributed by atoms with E-state index >= 15 is 0 Å². The van der Waals surface area contributed by atoms with Crippen LogP contribution in [0.3, 0.4) is 0 Å². The fraction of sp³-hybridized carbons (Fsp3) is 0.500. The molecule has 0 fully saturated rings. The number of hydrogen-bond donors (Lipinski definition) is 0. The van der Waals surface area contributed by atoms with Crippen molar-refractivity contribution in [2.75, 3.05) is 0 Å². The second-order valence-electron chi connectivity index (χ2n) is 3.80. The Morgan fingerprint density at radius 1 is 0.737 bits per heavy atom. The van der Waals surface area contributed by atoms with Gasteiger partial charge in [0.15, 0.2) is 23.0 Å². The molecule has 2 heterocycles. The van der Waals surface area contributed by atoms with E-state index < -0.39 is 11.6 Å². The lowest BCUT2D eigenvalue weighted by Crippen LogP contribution is -1.97. The van der Waals surface area contributed by atoms with Gasteiger partial charge in [0.2, 0.25) is 0 Å². The zero-order valence-electron chi connectivity index (χ0n) is 10.7. The SMILES string of the molecule is CCc1oc(=O)oc1COCc1oc(=O)oc1CC. The van der Waals surface area contributed by atoms with Gasteiger partial charge in [-0.25, -0.2) is 9.59 Å². The van der Waals surface area contributed by atoms with Crippen LogP contribution in [0.25, 0.3) is 0 Å². The molecule has 0 aliphatic rings. The summed E-state index contributed by atoms with van der Waals surface area (Å²) >= 11 is 0. The Morgan fingerprint density at radius 2 is 1.11 bits per heavy atom. The molecule has 0 atom stereocenters. The topological polar surface area (TPSA) is 95.9 Å². The van der Waals surface area contributed by atoms with Gasteiger partial charge in [0, 0.05) is 12.8 Å². The highest BCUT2D eigenvalue weighted by Gasteiger charge is 2.14. The van der Waals surface area contributed by atoms with E-state index in [0.717, 1.165) is 0 Å². The first-order valence-corrected chi connectivity index (χ1v) is 5.95. The minimum atomic E-state index is -0.750. The van der Waals surface area contributed by atoms with Crippen molar-refractivity contribution in [2.24, 2.45) is 0 Å². The molecule has 0 radical (unpaired) electrons. The van der Waals surface area contributed by atoms with Crippen molar-refractivity contribution in [2.45, 2.75) is 39.9 Å². The molecule has 2 aromatic rings. The van der Waals surface area contributed by atoms with Gasteiger partial charge in [0.25, 0.3) is 0 Å². The molecule has 104 valence electrons. The van der Waals surface area contributed by atoms with Gasteiger partial charge in [-0.05, 0) is 0 Å². The molecule has 2 rings (SSSR count). The van der Waals surface area contributed by atoms with Gasteiger partial charge >= 0.3 is 11.6 Å². The van der Waals surface area contributed by atoms with E-state index in [1.54, 1.807) is 0 Å². The Bertz CT molecular complexity index is 583. The van der Waals surface area contributed by atoms with Gasteiger partial charge in [-0.3, -0.25) is 0 Å². The Labute approximate surface area is 107 Å². The van der Waals surface area contributed by atoms with Crippen LogP contribution in [0.15, 0.2) is 27.3 Å². The molecule has 0 aromatic carbocycles. The third kappa shape index (κ3) is 3.05. The molecule has 0 saturated carbocycles. The molecular formula is C12H14O7. The highest BCUT2D eigenvalue weighted by atomic mass is 16.6. The van der Waals surface area contributed by atoms with E-state index in [1.165, 1.54) is 0 Å². The maximum absolute atomic E-state index is 10.9. The normalized spacial score (nSPS) is 11.1. The molecule has 19 heavy (non-hydrogen) atoms. The van der Waals surface area contributed by atoms with E-state index in [4.69, 9.17) is 22.4 Å². The quantitative estimate of drug-likeness (QED) is 0.786. The summed E-state index contributed by atoms with van der Waals surface area (Å²) in [5.74, 6) is 0.0931. The summed E-state index contributed by atoms with van der Waals surface area (Å²) in [6.45, 7) is 3.79. The summed E-state index contributed by atoms with van der Waals surface area (Å²) in [7, 11) is 0. The van der Waals surface area contributed by atoms with E-state index in [9.17, 15) is 9.59 Å². The molecule has 0 amide bonds. The van der Waals surface area contributed by atoms with Crippen molar-refractivity contribution in [1.29, 1.82) is 0 Å². The molecular weight excluding hydrogens is 256 g/mol. The van der Waals surface area contributed by atoms with Crippen LogP contribution in [-0.2, 0) is 30.8 Å². The smallest absolute Gasteiger partial charge is 0.396 e. The third-order valence-electron chi connectivity index (χ3n) is 2.56. The summed E-state index contributed by atoms with van der Waals surface area (Å²) in [6, 6.07) is 0. The molecule has 0 aliphatic carbocycles. The van der Waals surface area contributed by atoms with Crippen LogP contribution < -0.4 is 11.6 Å². The lowest BCUT2D eigenvalue weighted by atomic mass is 10.3. The number of hydrogen-bond acceptors (Lipinski definition) is 7. The van der Waals surface area contributed by atoms with Gasteiger partial charge in [-0.2, -0.15) is 0 Å². The lowest BCUT2D eigenvalue weighted by molar-refractivity contribution is 0.0775. The Balaban J connectivity index is 1.99. The van der Waals surface area contributed by atoms with Crippen LogP contribution in [-0.4, -0.2) is 0 Å². The Hall–Kier alpha value is -2.02. The Kier molecular flexibility index (Phi) is 4.06. The van der Waals surface area contributed by atoms with Gasteiger partial charge in [0.1, 0.15) is 13.2 Å². The largest absolute Gasteiger partial charge is 0.519 e. The predicted molar refractivity (Wildman–Crippen MR) is 61.7 cm³/mol. The van der Waals surface area contributed by atoms with Crippen molar-refractivity contribution in [3.8, 4) is 0 Å². The van der Waals surface area contributed by atoms with Crippen LogP contribution in [0.4, 0.5) is 0 Å². The second-order valence-corrected chi connectivity index (χ2v) is 3.80. The molecule has 0 N–H and O–H groups in total. The van der Waals surface area contributed by atoms with Crippen molar-refractivity contribution < 1.29 is 22.4 Å². The first-order valence-electron chi connectivity index (χ1n) is 5.95. The van der Waals surface area contributed by atoms with Crippen LogP contribution in [0, 0.1) is 0 Å². The fourth-order valence-corrected chi connectivity index (χ4v) is 1.67. The van der Waals surface area contributed by atoms with Crippen LogP contribution in [0.2, 0.25) is 0 Å². The molecule has 0 spiro atoms. The van der Waals surface area contributed by atoms with E-state index in [0.29, 0.717) is 35.9 Å². The molecule has 7 heteroatoms. The van der Waals surface area contributed by atoms with Gasteiger partial charge in [-0.15, -0.1) is 0 Å². The summed E-state index contributed by atoms with van der Waals surface area (Å²) in [6.07, 6.45) is 1.07. The van der Waals surface area contributed by atoms with E-state index in [2.05, 4.69) is 0 Å². The number of aryl methyl sites for hydroxylation is 2. The monoisotopic (exact) mass is 270 g/mol. The zero-order chi connectivity index (χ0) is 13.8. The summed E-state index contributed by atoms with van der Waals surface area (Å²) < 4.78 is 24.7. The van der Waals surface area contributed by atoms with E-state index in [1.807, 2.05) is 13.8 Å². The highest BCUT2D eigenvalue weighted by Crippen LogP contribution is 2.13. The number of ether oxygens (including phenoxy) is 1. The highest BCUT2D eigenvalue weighted by molar-refractivity contribution is 5.03. The maximum atomic E-state index is 10.9. The fourth-order valence-electron chi connectivity index (χ4n) is 1.67. The van der Waals surface area contributed by atoms with Crippen molar-refractivity contribution in [3.63, 3.8) is 0 Å². The average Bonchev–Trinajstić information content (AvgIpc) is 2.92. The van der Waals surface area contributed by atoms with Crippen molar-refractivity contribution in [3.05, 3.63) is 44.3 Å². The molecule has 0 aliphatic heterocycles. The van der Waals surface area contributed by atoms with E-state index in [-0.39, 0.29) is 13.2 Å². The molecule has 0 bridgehead atoms. The van der Waals surface area contributed by atoms with Crippen molar-refractivity contribution in [1.82, 2.24) is 0 Å². The van der Waals surface area contributed by atoms with Crippen LogP contribution in [0.1, 0.15) is 36.9 Å². The van der Waals surface area contributed by atoms with Crippen LogP contribution >= 0.6 is 0 Å². The maximum Gasteiger partial charge on any atom is 0.519 e. The predicted octanol–water partition coefficient (Wildman–Crippen LogP) is 1.62. The summed E-state index contributed by atoms with van der Waals surface area (Å²) in [5.41, 5.74) is 0.